The maximum absolute atomic E-state index is 13.6. The van der Waals surface area contributed by atoms with Crippen LogP contribution in [0.5, 0.6) is 0 Å². The largest absolute Gasteiger partial charge is 0.294 e. The first-order valence-electron chi connectivity index (χ1n) is 5.39. The van der Waals surface area contributed by atoms with Crippen LogP contribution in [0.3, 0.4) is 0 Å². The molecule has 0 heterocycles. The van der Waals surface area contributed by atoms with Crippen LogP contribution in [0.1, 0.15) is 15.9 Å². The van der Waals surface area contributed by atoms with Crippen molar-refractivity contribution in [3.8, 4) is 0 Å². The van der Waals surface area contributed by atoms with Gasteiger partial charge in [-0.2, -0.15) is 0 Å². The van der Waals surface area contributed by atoms with Gasteiger partial charge in [-0.1, -0.05) is 39.1 Å². The first-order chi connectivity index (χ1) is 8.97. The van der Waals surface area contributed by atoms with Crippen LogP contribution >= 0.6 is 39.1 Å². The van der Waals surface area contributed by atoms with Gasteiger partial charge >= 0.3 is 0 Å². The van der Waals surface area contributed by atoms with Crippen molar-refractivity contribution in [2.45, 2.75) is 6.42 Å². The first-order valence-corrected chi connectivity index (χ1v) is 6.94. The number of hydrogen-bond acceptors (Lipinski definition) is 1. The average Bonchev–Trinajstić information content (AvgIpc) is 2.36. The number of hydrogen-bond donors (Lipinski definition) is 0. The zero-order valence-corrected chi connectivity index (χ0v) is 12.7. The van der Waals surface area contributed by atoms with Crippen molar-refractivity contribution in [3.05, 3.63) is 67.9 Å². The fraction of sp³-hybridized carbons (Fsp3) is 0.0714. The van der Waals surface area contributed by atoms with Crippen LogP contribution < -0.4 is 0 Å². The molecule has 0 N–H and O–H groups in total. The van der Waals surface area contributed by atoms with Gasteiger partial charge in [-0.15, -0.1) is 0 Å². The Kier molecular flexibility index (Phi) is 4.61. The lowest BCUT2D eigenvalue weighted by molar-refractivity contribution is 0.0989. The summed E-state index contributed by atoms with van der Waals surface area (Å²) in [6.45, 7) is 0. The molecule has 2 aromatic rings. The van der Waals surface area contributed by atoms with Gasteiger partial charge in [-0.3, -0.25) is 4.79 Å². The smallest absolute Gasteiger partial charge is 0.170 e. The molecule has 0 saturated heterocycles. The third kappa shape index (κ3) is 3.56. The second-order valence-corrected chi connectivity index (χ2v) is 5.72. The molecule has 2 aromatic carbocycles. The van der Waals surface area contributed by atoms with E-state index in [0.29, 0.717) is 20.1 Å². The van der Waals surface area contributed by atoms with Gasteiger partial charge in [0.1, 0.15) is 5.82 Å². The van der Waals surface area contributed by atoms with Crippen LogP contribution in [0, 0.1) is 5.82 Å². The SMILES string of the molecule is O=C(Cc1cc(Cl)ccc1Cl)c1cc(Br)ccc1F. The highest BCUT2D eigenvalue weighted by Crippen LogP contribution is 2.23. The summed E-state index contributed by atoms with van der Waals surface area (Å²) in [5.74, 6) is -0.894. The van der Waals surface area contributed by atoms with Crippen LogP contribution in [0.4, 0.5) is 4.39 Å². The predicted molar refractivity (Wildman–Crippen MR) is 78.6 cm³/mol. The highest BCUT2D eigenvalue weighted by atomic mass is 79.9. The Labute approximate surface area is 128 Å². The highest BCUT2D eigenvalue weighted by Gasteiger charge is 2.14. The van der Waals surface area contributed by atoms with Gasteiger partial charge in [0.2, 0.25) is 0 Å². The molecule has 2 rings (SSSR count). The van der Waals surface area contributed by atoms with E-state index in [-0.39, 0.29) is 17.8 Å². The normalized spacial score (nSPS) is 10.5. The minimum atomic E-state index is -0.550. The van der Waals surface area contributed by atoms with E-state index >= 15 is 0 Å². The Morgan fingerprint density at radius 3 is 2.63 bits per heavy atom. The summed E-state index contributed by atoms with van der Waals surface area (Å²) in [5, 5.41) is 0.926. The molecule has 0 amide bonds. The summed E-state index contributed by atoms with van der Waals surface area (Å²) >= 11 is 15.0. The lowest BCUT2D eigenvalue weighted by atomic mass is 10.0. The summed E-state index contributed by atoms with van der Waals surface area (Å²) in [6, 6.07) is 9.10. The van der Waals surface area contributed by atoms with Gasteiger partial charge < -0.3 is 0 Å². The number of carbonyl (C=O) groups is 1. The van der Waals surface area contributed by atoms with E-state index in [1.54, 1.807) is 24.3 Å². The molecular weight excluding hydrogens is 354 g/mol. The molecule has 98 valence electrons. The second-order valence-electron chi connectivity index (χ2n) is 3.96. The van der Waals surface area contributed by atoms with E-state index in [1.165, 1.54) is 12.1 Å². The van der Waals surface area contributed by atoms with Crippen LogP contribution in [-0.4, -0.2) is 5.78 Å². The standard InChI is InChI=1S/C14H8BrCl2FO/c15-9-1-4-13(18)11(7-9)14(19)6-8-5-10(16)2-3-12(8)17/h1-5,7H,6H2. The van der Waals surface area contributed by atoms with Crippen molar-refractivity contribution in [2.75, 3.05) is 0 Å². The summed E-state index contributed by atoms with van der Waals surface area (Å²) in [6.07, 6.45) is 0.00671. The molecule has 19 heavy (non-hydrogen) atoms. The second kappa shape index (κ2) is 6.04. The first kappa shape index (κ1) is 14.5. The fourth-order valence-electron chi connectivity index (χ4n) is 1.66. The zero-order valence-electron chi connectivity index (χ0n) is 9.59. The number of benzene rings is 2. The number of rotatable bonds is 3. The lowest BCUT2D eigenvalue weighted by Gasteiger charge is -2.06. The van der Waals surface area contributed by atoms with Gasteiger partial charge in [-0.25, -0.2) is 4.39 Å². The van der Waals surface area contributed by atoms with E-state index < -0.39 is 5.82 Å². The maximum atomic E-state index is 13.6. The maximum Gasteiger partial charge on any atom is 0.170 e. The van der Waals surface area contributed by atoms with Gasteiger partial charge in [0.15, 0.2) is 5.78 Å². The topological polar surface area (TPSA) is 17.1 Å². The van der Waals surface area contributed by atoms with Gasteiger partial charge in [0.05, 0.1) is 5.56 Å². The minimum Gasteiger partial charge on any atom is -0.294 e. The molecule has 0 aromatic heterocycles. The molecule has 0 unspecified atom stereocenters. The van der Waals surface area contributed by atoms with Crippen LogP contribution in [0.15, 0.2) is 40.9 Å². The van der Waals surface area contributed by atoms with Crippen LogP contribution in [0.2, 0.25) is 10.0 Å². The Morgan fingerprint density at radius 2 is 1.89 bits per heavy atom. The lowest BCUT2D eigenvalue weighted by Crippen LogP contribution is -2.06. The number of carbonyl (C=O) groups excluding carboxylic acids is 1. The summed E-state index contributed by atoms with van der Waals surface area (Å²) < 4.78 is 14.2. The third-order valence-electron chi connectivity index (χ3n) is 2.59. The van der Waals surface area contributed by atoms with E-state index in [1.807, 2.05) is 0 Å². The molecule has 0 atom stereocenters. The van der Waals surface area contributed by atoms with E-state index in [9.17, 15) is 9.18 Å². The van der Waals surface area contributed by atoms with Crippen molar-refractivity contribution in [3.63, 3.8) is 0 Å². The van der Waals surface area contributed by atoms with Crippen LogP contribution in [-0.2, 0) is 6.42 Å². The van der Waals surface area contributed by atoms with Crippen molar-refractivity contribution in [1.82, 2.24) is 0 Å². The van der Waals surface area contributed by atoms with Crippen molar-refractivity contribution >= 4 is 44.9 Å². The third-order valence-corrected chi connectivity index (χ3v) is 3.68. The van der Waals surface area contributed by atoms with E-state index in [2.05, 4.69) is 15.9 Å². The number of ketones is 1. The average molecular weight is 362 g/mol. The molecule has 0 aliphatic carbocycles. The van der Waals surface area contributed by atoms with E-state index in [4.69, 9.17) is 23.2 Å². The summed E-state index contributed by atoms with van der Waals surface area (Å²) in [4.78, 5) is 12.1. The molecular formula is C14H8BrCl2FO. The monoisotopic (exact) mass is 360 g/mol. The zero-order chi connectivity index (χ0) is 14.0. The van der Waals surface area contributed by atoms with Crippen molar-refractivity contribution < 1.29 is 9.18 Å². The molecule has 0 fully saturated rings. The van der Waals surface area contributed by atoms with Gasteiger partial charge in [0, 0.05) is 20.9 Å². The molecule has 5 heteroatoms. The minimum absolute atomic E-state index is 0.00671. The molecule has 0 aliphatic heterocycles. The molecule has 0 bridgehead atoms. The van der Waals surface area contributed by atoms with Crippen molar-refractivity contribution in [1.29, 1.82) is 0 Å². The van der Waals surface area contributed by atoms with E-state index in [0.717, 1.165) is 0 Å². The Balaban J connectivity index is 2.30. The summed E-state index contributed by atoms with van der Waals surface area (Å²) in [5.41, 5.74) is 0.615. The highest BCUT2D eigenvalue weighted by molar-refractivity contribution is 9.10. The Bertz CT molecular complexity index is 643. The molecule has 0 aliphatic rings. The predicted octanol–water partition coefficient (Wildman–Crippen LogP) is 5.32. The molecule has 0 saturated carbocycles. The van der Waals surface area contributed by atoms with Gasteiger partial charge in [-0.05, 0) is 42.0 Å². The molecule has 0 radical (unpaired) electrons. The Hall–Kier alpha value is -0.900. The molecule has 1 nitrogen and oxygen atoms in total. The van der Waals surface area contributed by atoms with Gasteiger partial charge in [0.25, 0.3) is 0 Å². The summed E-state index contributed by atoms with van der Waals surface area (Å²) in [7, 11) is 0. The fourth-order valence-corrected chi connectivity index (χ4v) is 2.40. The number of halogens is 4. The Morgan fingerprint density at radius 1 is 1.16 bits per heavy atom. The molecule has 0 spiro atoms. The van der Waals surface area contributed by atoms with Crippen molar-refractivity contribution in [2.24, 2.45) is 0 Å². The van der Waals surface area contributed by atoms with Crippen LogP contribution in [0.25, 0.3) is 0 Å². The number of Topliss-reactive ketones (excluding diaryl/α,β-unsaturated/α-hetero) is 1. The quantitative estimate of drug-likeness (QED) is 0.676.